The molecule has 0 fully saturated rings. The summed E-state index contributed by atoms with van der Waals surface area (Å²) in [6.45, 7) is 12.8. The van der Waals surface area contributed by atoms with Crippen LogP contribution in [-0.2, 0) is 0 Å². The Hall–Kier alpha value is -0.850. The summed E-state index contributed by atoms with van der Waals surface area (Å²) in [4.78, 5) is 0. The third-order valence-corrected chi connectivity index (χ3v) is 0.991. The minimum Gasteiger partial charge on any atom is -0.207 e. The molecule has 0 nitrogen and oxygen atoms in total. The van der Waals surface area contributed by atoms with Crippen LogP contribution in [0.4, 0.5) is 4.39 Å². The van der Waals surface area contributed by atoms with Crippen molar-refractivity contribution in [2.75, 3.05) is 0 Å². The van der Waals surface area contributed by atoms with E-state index >= 15 is 0 Å². The van der Waals surface area contributed by atoms with Gasteiger partial charge in [0.1, 0.15) is 5.83 Å². The highest BCUT2D eigenvalue weighted by atomic mass is 19.1. The average Bonchev–Trinajstić information content (AvgIpc) is 2.07. The van der Waals surface area contributed by atoms with Crippen molar-refractivity contribution in [3.05, 3.63) is 36.7 Å². The van der Waals surface area contributed by atoms with E-state index in [9.17, 15) is 4.39 Å². The SMILES string of the molecule is C=C/C(F)=C\C(=C)CC.CC. The van der Waals surface area contributed by atoms with Crippen molar-refractivity contribution in [2.24, 2.45) is 0 Å². The number of allylic oxidation sites excluding steroid dienone is 4. The summed E-state index contributed by atoms with van der Waals surface area (Å²) < 4.78 is 12.3. The summed E-state index contributed by atoms with van der Waals surface area (Å²) in [7, 11) is 0. The van der Waals surface area contributed by atoms with Gasteiger partial charge in [-0.1, -0.05) is 39.5 Å². The van der Waals surface area contributed by atoms with Crippen LogP contribution < -0.4 is 0 Å². The fourth-order valence-electron chi connectivity index (χ4n) is 0.356. The second-order valence-electron chi connectivity index (χ2n) is 1.75. The molecule has 0 rings (SSSR count). The highest BCUT2D eigenvalue weighted by Gasteiger charge is 1.86. The average molecular weight is 156 g/mol. The summed E-state index contributed by atoms with van der Waals surface area (Å²) in [5.41, 5.74) is 0.785. The molecule has 0 aromatic heterocycles. The molecule has 0 aromatic rings. The Labute approximate surface area is 69.1 Å². The van der Waals surface area contributed by atoms with Crippen molar-refractivity contribution in [3.8, 4) is 0 Å². The number of rotatable bonds is 3. The molecule has 0 saturated carbocycles. The molecule has 0 radical (unpaired) electrons. The Bertz CT molecular complexity index is 143. The summed E-state index contributed by atoms with van der Waals surface area (Å²) >= 11 is 0. The van der Waals surface area contributed by atoms with Crippen LogP contribution in [0, 0.1) is 0 Å². The fraction of sp³-hybridized carbons (Fsp3) is 0.400. The van der Waals surface area contributed by atoms with Gasteiger partial charge in [0.2, 0.25) is 0 Å². The zero-order valence-electron chi connectivity index (χ0n) is 7.65. The van der Waals surface area contributed by atoms with Crippen molar-refractivity contribution in [2.45, 2.75) is 27.2 Å². The first-order chi connectivity index (χ1) is 5.20. The molecule has 0 aromatic carbocycles. The van der Waals surface area contributed by atoms with Crippen molar-refractivity contribution in [3.63, 3.8) is 0 Å². The molecule has 0 aliphatic carbocycles. The molecule has 0 heterocycles. The third kappa shape index (κ3) is 9.15. The van der Waals surface area contributed by atoms with Gasteiger partial charge in [-0.2, -0.15) is 0 Å². The van der Waals surface area contributed by atoms with E-state index in [-0.39, 0.29) is 5.83 Å². The lowest BCUT2D eigenvalue weighted by atomic mass is 10.2. The predicted octanol–water partition coefficient (Wildman–Crippen LogP) is 4.02. The van der Waals surface area contributed by atoms with E-state index in [1.807, 2.05) is 20.8 Å². The molecule has 0 saturated heterocycles. The van der Waals surface area contributed by atoms with Crippen LogP contribution >= 0.6 is 0 Å². The second kappa shape index (κ2) is 9.15. The predicted molar refractivity (Wildman–Crippen MR) is 50.2 cm³/mol. The van der Waals surface area contributed by atoms with Gasteiger partial charge in [-0.3, -0.25) is 0 Å². The van der Waals surface area contributed by atoms with Gasteiger partial charge < -0.3 is 0 Å². The molecule has 0 aliphatic rings. The molecule has 11 heavy (non-hydrogen) atoms. The van der Waals surface area contributed by atoms with E-state index in [1.54, 1.807) is 0 Å². The Morgan fingerprint density at radius 2 is 1.91 bits per heavy atom. The Morgan fingerprint density at radius 1 is 1.45 bits per heavy atom. The smallest absolute Gasteiger partial charge is 0.122 e. The van der Waals surface area contributed by atoms with Gasteiger partial charge >= 0.3 is 0 Å². The molecule has 0 atom stereocenters. The Kier molecular flexibility index (Phi) is 10.6. The normalized spacial score (nSPS) is 9.64. The maximum atomic E-state index is 12.3. The van der Waals surface area contributed by atoms with Gasteiger partial charge in [-0.25, -0.2) is 4.39 Å². The Morgan fingerprint density at radius 3 is 2.18 bits per heavy atom. The molecule has 0 aliphatic heterocycles. The number of halogens is 1. The van der Waals surface area contributed by atoms with Crippen molar-refractivity contribution in [1.82, 2.24) is 0 Å². The maximum absolute atomic E-state index is 12.3. The molecule has 0 bridgehead atoms. The minimum absolute atomic E-state index is 0.318. The van der Waals surface area contributed by atoms with Gasteiger partial charge in [0.15, 0.2) is 0 Å². The fourth-order valence-corrected chi connectivity index (χ4v) is 0.356. The van der Waals surface area contributed by atoms with Crippen LogP contribution in [-0.4, -0.2) is 0 Å². The first kappa shape index (κ1) is 12.8. The molecular formula is C10H17F. The van der Waals surface area contributed by atoms with Gasteiger partial charge in [-0.15, -0.1) is 0 Å². The van der Waals surface area contributed by atoms with Crippen LogP contribution in [0.3, 0.4) is 0 Å². The molecule has 0 spiro atoms. The summed E-state index contributed by atoms with van der Waals surface area (Å²) in [5.74, 6) is -0.318. The van der Waals surface area contributed by atoms with Gasteiger partial charge in [0.25, 0.3) is 0 Å². The van der Waals surface area contributed by atoms with Gasteiger partial charge in [0.05, 0.1) is 0 Å². The van der Waals surface area contributed by atoms with Gasteiger partial charge in [0, 0.05) is 0 Å². The molecule has 64 valence electrons. The van der Waals surface area contributed by atoms with E-state index in [2.05, 4.69) is 13.2 Å². The minimum atomic E-state index is -0.318. The standard InChI is InChI=1S/C8H11F.C2H6/c1-4-7(3)6-8(9)5-2;1-2/h5-6H,2-4H2,1H3;1-2H3/b8-6+;. The highest BCUT2D eigenvalue weighted by molar-refractivity contribution is 5.22. The van der Waals surface area contributed by atoms with Crippen LogP contribution in [0.5, 0.6) is 0 Å². The lowest BCUT2D eigenvalue weighted by molar-refractivity contribution is 0.666. The first-order valence-corrected chi connectivity index (χ1v) is 3.88. The zero-order chi connectivity index (χ0) is 9.28. The second-order valence-corrected chi connectivity index (χ2v) is 1.75. The van der Waals surface area contributed by atoms with E-state index in [1.165, 1.54) is 12.2 Å². The van der Waals surface area contributed by atoms with E-state index < -0.39 is 0 Å². The quantitative estimate of drug-likeness (QED) is 0.541. The van der Waals surface area contributed by atoms with E-state index in [0.717, 1.165) is 12.0 Å². The van der Waals surface area contributed by atoms with E-state index in [0.29, 0.717) is 0 Å². The van der Waals surface area contributed by atoms with Crippen LogP contribution in [0.25, 0.3) is 0 Å². The Balaban J connectivity index is 0. The highest BCUT2D eigenvalue weighted by Crippen LogP contribution is 2.05. The molecular weight excluding hydrogens is 139 g/mol. The molecule has 1 heteroatoms. The molecule has 0 unspecified atom stereocenters. The maximum Gasteiger partial charge on any atom is 0.122 e. The summed E-state index contributed by atoms with van der Waals surface area (Å²) in [6, 6.07) is 0. The number of hydrogen-bond acceptors (Lipinski definition) is 0. The van der Waals surface area contributed by atoms with Crippen LogP contribution in [0.1, 0.15) is 27.2 Å². The monoisotopic (exact) mass is 156 g/mol. The van der Waals surface area contributed by atoms with Crippen molar-refractivity contribution < 1.29 is 4.39 Å². The molecule has 0 N–H and O–H groups in total. The topological polar surface area (TPSA) is 0 Å². The lowest BCUT2D eigenvalue weighted by Crippen LogP contribution is -1.71. The summed E-state index contributed by atoms with van der Waals surface area (Å²) in [5, 5.41) is 0. The molecule has 0 amide bonds. The first-order valence-electron chi connectivity index (χ1n) is 3.88. The summed E-state index contributed by atoms with van der Waals surface area (Å²) in [6.07, 6.45) is 3.33. The zero-order valence-corrected chi connectivity index (χ0v) is 7.65. The van der Waals surface area contributed by atoms with E-state index in [4.69, 9.17) is 0 Å². The lowest BCUT2D eigenvalue weighted by Gasteiger charge is -1.89. The largest absolute Gasteiger partial charge is 0.207 e. The number of hydrogen-bond donors (Lipinski definition) is 0. The van der Waals surface area contributed by atoms with Crippen molar-refractivity contribution in [1.29, 1.82) is 0 Å². The van der Waals surface area contributed by atoms with Gasteiger partial charge in [-0.05, 0) is 18.6 Å². The van der Waals surface area contributed by atoms with Crippen LogP contribution in [0.2, 0.25) is 0 Å². The third-order valence-electron chi connectivity index (χ3n) is 0.991. The van der Waals surface area contributed by atoms with Crippen LogP contribution in [0.15, 0.2) is 36.7 Å². The van der Waals surface area contributed by atoms with Crippen molar-refractivity contribution >= 4 is 0 Å².